The fourth-order valence-corrected chi connectivity index (χ4v) is 3.97. The molecule has 1 unspecified atom stereocenters. The van der Waals surface area contributed by atoms with Crippen molar-refractivity contribution in [1.29, 1.82) is 0 Å². The van der Waals surface area contributed by atoms with Gasteiger partial charge in [-0.3, -0.25) is 4.79 Å². The third-order valence-corrected chi connectivity index (χ3v) is 5.83. The number of aryl methyl sites for hydroxylation is 2. The first-order valence-electron chi connectivity index (χ1n) is 9.44. The lowest BCUT2D eigenvalue weighted by Crippen LogP contribution is -2.39. The van der Waals surface area contributed by atoms with Crippen LogP contribution in [0.15, 0.2) is 35.0 Å². The van der Waals surface area contributed by atoms with Crippen LogP contribution >= 0.6 is 23.2 Å². The van der Waals surface area contributed by atoms with E-state index in [9.17, 15) is 4.79 Å². The Morgan fingerprint density at radius 2 is 2.03 bits per heavy atom. The fraction of sp³-hybridized carbons (Fsp3) is 0.333. The molecule has 1 aliphatic heterocycles. The van der Waals surface area contributed by atoms with Crippen LogP contribution in [-0.2, 0) is 0 Å². The Bertz CT molecular complexity index is 1070. The number of benzene rings is 1. The van der Waals surface area contributed by atoms with E-state index in [0.717, 1.165) is 29.8 Å². The number of carbonyl (C=O) groups excluding carboxylic acids is 1. The van der Waals surface area contributed by atoms with Crippen molar-refractivity contribution in [2.75, 3.05) is 13.1 Å². The normalized spacial score (nSPS) is 16.8. The molecule has 150 valence electrons. The molecule has 29 heavy (non-hydrogen) atoms. The summed E-state index contributed by atoms with van der Waals surface area (Å²) in [6.45, 7) is 4.99. The molecule has 0 aliphatic carbocycles. The van der Waals surface area contributed by atoms with Crippen LogP contribution in [0.4, 0.5) is 0 Å². The van der Waals surface area contributed by atoms with Gasteiger partial charge in [-0.25, -0.2) is 9.97 Å². The summed E-state index contributed by atoms with van der Waals surface area (Å²) < 4.78 is 5.45. The lowest BCUT2D eigenvalue weighted by Gasteiger charge is -2.33. The molecular weight excluding hydrogens is 411 g/mol. The first-order chi connectivity index (χ1) is 13.9. The largest absolute Gasteiger partial charge is 0.356 e. The van der Waals surface area contributed by atoms with Crippen molar-refractivity contribution in [3.8, 4) is 11.3 Å². The summed E-state index contributed by atoms with van der Waals surface area (Å²) in [7, 11) is 0. The van der Waals surface area contributed by atoms with Gasteiger partial charge in [0.25, 0.3) is 5.91 Å². The molecule has 6 nitrogen and oxygen atoms in total. The molecule has 1 aromatic carbocycles. The summed E-state index contributed by atoms with van der Waals surface area (Å²) >= 11 is 12.1. The number of nitrogens with zero attached hydrogens (tertiary/aromatic N) is 4. The second kappa shape index (κ2) is 8.13. The first kappa shape index (κ1) is 19.9. The summed E-state index contributed by atoms with van der Waals surface area (Å²) in [6, 6.07) is 6.85. The topological polar surface area (TPSA) is 72.1 Å². The smallest absolute Gasteiger partial charge is 0.253 e. The number of aromatic nitrogens is 3. The summed E-state index contributed by atoms with van der Waals surface area (Å²) in [4.78, 5) is 23.9. The predicted molar refractivity (Wildman–Crippen MR) is 111 cm³/mol. The van der Waals surface area contributed by atoms with Gasteiger partial charge in [-0.2, -0.15) is 0 Å². The van der Waals surface area contributed by atoms with Crippen molar-refractivity contribution in [3.05, 3.63) is 63.3 Å². The Hall–Kier alpha value is -2.44. The van der Waals surface area contributed by atoms with Gasteiger partial charge >= 0.3 is 0 Å². The van der Waals surface area contributed by atoms with Gasteiger partial charge in [-0.15, -0.1) is 0 Å². The molecule has 1 aliphatic rings. The molecule has 4 rings (SSSR count). The number of rotatable bonds is 3. The van der Waals surface area contributed by atoms with Gasteiger partial charge in [0.05, 0.1) is 27.0 Å². The van der Waals surface area contributed by atoms with Crippen LogP contribution in [0, 0.1) is 13.8 Å². The third-order valence-electron chi connectivity index (χ3n) is 5.09. The molecule has 2 aromatic heterocycles. The average Bonchev–Trinajstić information content (AvgIpc) is 3.15. The summed E-state index contributed by atoms with van der Waals surface area (Å²) in [5, 5.41) is 4.79. The van der Waals surface area contributed by atoms with Gasteiger partial charge < -0.3 is 9.42 Å². The highest BCUT2D eigenvalue weighted by Gasteiger charge is 2.29. The quantitative estimate of drug-likeness (QED) is 0.579. The molecule has 8 heteroatoms. The van der Waals surface area contributed by atoms with Gasteiger partial charge in [0.2, 0.25) is 0 Å². The molecule has 3 aromatic rings. The monoisotopic (exact) mass is 430 g/mol. The van der Waals surface area contributed by atoms with E-state index in [1.807, 2.05) is 24.8 Å². The van der Waals surface area contributed by atoms with Gasteiger partial charge in [0.1, 0.15) is 5.82 Å². The van der Waals surface area contributed by atoms with Gasteiger partial charge in [-0.05, 0) is 44.9 Å². The van der Waals surface area contributed by atoms with E-state index in [4.69, 9.17) is 32.7 Å². The first-order valence-corrected chi connectivity index (χ1v) is 10.2. The Labute approximate surface area is 178 Å². The zero-order valence-electron chi connectivity index (χ0n) is 16.2. The molecule has 0 N–H and O–H groups in total. The van der Waals surface area contributed by atoms with Crippen molar-refractivity contribution >= 4 is 29.1 Å². The molecule has 1 amide bonds. The van der Waals surface area contributed by atoms with E-state index in [2.05, 4.69) is 10.1 Å². The van der Waals surface area contributed by atoms with E-state index in [1.54, 1.807) is 24.4 Å². The Morgan fingerprint density at radius 3 is 2.76 bits per heavy atom. The number of likely N-dealkylation sites (tertiary alicyclic amines) is 1. The molecule has 0 bridgehead atoms. The van der Waals surface area contributed by atoms with Crippen LogP contribution in [0.3, 0.4) is 0 Å². The maximum atomic E-state index is 13.0. The number of hydrogen-bond donors (Lipinski definition) is 0. The van der Waals surface area contributed by atoms with Gasteiger partial charge in [-0.1, -0.05) is 28.4 Å². The summed E-state index contributed by atoms with van der Waals surface area (Å²) in [6.07, 6.45) is 3.59. The van der Waals surface area contributed by atoms with Crippen LogP contribution in [0.1, 0.15) is 46.3 Å². The van der Waals surface area contributed by atoms with E-state index in [-0.39, 0.29) is 11.8 Å². The average molecular weight is 431 g/mol. The number of halogens is 2. The second-order valence-corrected chi connectivity index (χ2v) is 8.08. The second-order valence-electron chi connectivity index (χ2n) is 7.27. The predicted octanol–water partition coefficient (Wildman–Crippen LogP) is 5.08. The number of amides is 1. The van der Waals surface area contributed by atoms with Crippen molar-refractivity contribution in [2.24, 2.45) is 0 Å². The van der Waals surface area contributed by atoms with E-state index < -0.39 is 0 Å². The minimum Gasteiger partial charge on any atom is -0.356 e. The molecule has 1 atom stereocenters. The van der Waals surface area contributed by atoms with Crippen molar-refractivity contribution in [3.63, 3.8) is 0 Å². The summed E-state index contributed by atoms with van der Waals surface area (Å²) in [5.41, 5.74) is 3.04. The van der Waals surface area contributed by atoms with Crippen LogP contribution in [0.5, 0.6) is 0 Å². The lowest BCUT2D eigenvalue weighted by molar-refractivity contribution is 0.0706. The highest BCUT2D eigenvalue weighted by atomic mass is 35.5. The SMILES string of the molecule is Cc1cc(-c2cnc(C)nc2C2CCCN(C(=O)c3ccc(Cl)c(Cl)c3)C2)on1. The van der Waals surface area contributed by atoms with E-state index in [1.165, 1.54) is 0 Å². The van der Waals surface area contributed by atoms with Gasteiger partial charge in [0, 0.05) is 36.8 Å². The minimum atomic E-state index is -0.0592. The van der Waals surface area contributed by atoms with Crippen LogP contribution < -0.4 is 0 Å². The van der Waals surface area contributed by atoms with Gasteiger partial charge in [0.15, 0.2) is 5.76 Å². The highest BCUT2D eigenvalue weighted by molar-refractivity contribution is 6.42. The highest BCUT2D eigenvalue weighted by Crippen LogP contribution is 2.34. The molecule has 3 heterocycles. The Balaban J connectivity index is 1.62. The zero-order chi connectivity index (χ0) is 20.5. The van der Waals surface area contributed by atoms with Crippen LogP contribution in [0.25, 0.3) is 11.3 Å². The number of piperidine rings is 1. The molecule has 0 radical (unpaired) electrons. The van der Waals surface area contributed by atoms with Crippen LogP contribution in [0.2, 0.25) is 10.0 Å². The maximum Gasteiger partial charge on any atom is 0.253 e. The van der Waals surface area contributed by atoms with E-state index >= 15 is 0 Å². The standard InChI is InChI=1S/C21H20Cl2N4O2/c1-12-8-19(29-26-12)16-10-24-13(2)25-20(16)15-4-3-7-27(11-15)21(28)14-5-6-17(22)18(23)9-14/h5-6,8-10,15H,3-4,7,11H2,1-2H3. The van der Waals surface area contributed by atoms with E-state index in [0.29, 0.717) is 40.3 Å². The summed E-state index contributed by atoms with van der Waals surface area (Å²) in [5.74, 6) is 1.35. The number of hydrogen-bond acceptors (Lipinski definition) is 5. The fourth-order valence-electron chi connectivity index (χ4n) is 3.68. The molecule has 1 fully saturated rings. The zero-order valence-corrected chi connectivity index (χ0v) is 17.7. The van der Waals surface area contributed by atoms with Crippen molar-refractivity contribution in [1.82, 2.24) is 20.0 Å². The maximum absolute atomic E-state index is 13.0. The third kappa shape index (κ3) is 4.14. The molecular formula is C21H20Cl2N4O2. The Kier molecular flexibility index (Phi) is 5.56. The van der Waals surface area contributed by atoms with Crippen molar-refractivity contribution < 1.29 is 9.32 Å². The molecule has 0 saturated carbocycles. The van der Waals surface area contributed by atoms with Crippen LogP contribution in [-0.4, -0.2) is 39.0 Å². The minimum absolute atomic E-state index is 0.0592. The lowest BCUT2D eigenvalue weighted by atomic mass is 9.91. The molecule has 1 saturated heterocycles. The Morgan fingerprint density at radius 1 is 1.21 bits per heavy atom. The molecule has 0 spiro atoms. The number of carbonyl (C=O) groups is 1. The van der Waals surface area contributed by atoms with Crippen molar-refractivity contribution in [2.45, 2.75) is 32.6 Å².